The van der Waals surface area contributed by atoms with Crippen molar-refractivity contribution in [1.29, 1.82) is 0 Å². The maximum absolute atomic E-state index is 12.4. The molecular formula is C16H13Cl4NO. The van der Waals surface area contributed by atoms with Crippen molar-refractivity contribution in [1.82, 2.24) is 5.32 Å². The van der Waals surface area contributed by atoms with Crippen LogP contribution in [0.5, 0.6) is 0 Å². The quantitative estimate of drug-likeness (QED) is 0.705. The van der Waals surface area contributed by atoms with Gasteiger partial charge in [0.2, 0.25) is 3.79 Å². The van der Waals surface area contributed by atoms with Gasteiger partial charge in [-0.3, -0.25) is 4.79 Å². The fraction of sp³-hybridized carbons (Fsp3) is 0.188. The number of halogens is 4. The van der Waals surface area contributed by atoms with Gasteiger partial charge < -0.3 is 5.32 Å². The third-order valence-corrected chi connectivity index (χ3v) is 4.12. The number of hydrogen-bond acceptors (Lipinski definition) is 1. The fourth-order valence-electron chi connectivity index (χ4n) is 1.97. The average molecular weight is 377 g/mol. The highest BCUT2D eigenvalue weighted by Crippen LogP contribution is 2.40. The van der Waals surface area contributed by atoms with Crippen molar-refractivity contribution < 1.29 is 4.79 Å². The van der Waals surface area contributed by atoms with Crippen LogP contribution in [-0.2, 0) is 0 Å². The Morgan fingerprint density at radius 3 is 2.18 bits per heavy atom. The Bertz CT molecular complexity index is 665. The lowest BCUT2D eigenvalue weighted by Crippen LogP contribution is -2.36. The number of aryl methyl sites for hydroxylation is 1. The highest BCUT2D eigenvalue weighted by atomic mass is 35.6. The van der Waals surface area contributed by atoms with Gasteiger partial charge in [0.25, 0.3) is 5.91 Å². The van der Waals surface area contributed by atoms with E-state index in [0.29, 0.717) is 16.1 Å². The number of amides is 1. The topological polar surface area (TPSA) is 29.1 Å². The van der Waals surface area contributed by atoms with Crippen molar-refractivity contribution in [2.45, 2.75) is 16.8 Å². The van der Waals surface area contributed by atoms with Gasteiger partial charge in [0.15, 0.2) is 0 Å². The molecule has 0 aliphatic rings. The van der Waals surface area contributed by atoms with E-state index in [4.69, 9.17) is 46.4 Å². The lowest BCUT2D eigenvalue weighted by Gasteiger charge is -2.26. The van der Waals surface area contributed by atoms with Gasteiger partial charge in [-0.25, -0.2) is 0 Å². The molecule has 0 saturated heterocycles. The number of carbonyl (C=O) groups is 1. The molecular weight excluding hydrogens is 364 g/mol. The molecule has 2 aromatic rings. The van der Waals surface area contributed by atoms with E-state index in [1.807, 2.05) is 31.2 Å². The molecule has 2 rings (SSSR count). The summed E-state index contributed by atoms with van der Waals surface area (Å²) >= 11 is 24.1. The Hall–Kier alpha value is -0.930. The van der Waals surface area contributed by atoms with Crippen molar-refractivity contribution >= 4 is 52.3 Å². The minimum atomic E-state index is -1.69. The van der Waals surface area contributed by atoms with Crippen molar-refractivity contribution in [3.05, 3.63) is 70.2 Å². The predicted molar refractivity (Wildman–Crippen MR) is 93.1 cm³/mol. The third-order valence-electron chi connectivity index (χ3n) is 3.13. The highest BCUT2D eigenvalue weighted by molar-refractivity contribution is 6.68. The molecule has 0 unspecified atom stereocenters. The molecule has 0 radical (unpaired) electrons. The van der Waals surface area contributed by atoms with E-state index in [-0.39, 0.29) is 0 Å². The second-order valence-corrected chi connectivity index (χ2v) is 7.61. The Labute approximate surface area is 149 Å². The Morgan fingerprint density at radius 1 is 1.05 bits per heavy atom. The van der Waals surface area contributed by atoms with E-state index in [1.165, 1.54) is 0 Å². The van der Waals surface area contributed by atoms with Crippen LogP contribution in [0.2, 0.25) is 5.02 Å². The number of rotatable bonds is 3. The van der Waals surface area contributed by atoms with Crippen LogP contribution in [0.25, 0.3) is 0 Å². The first-order valence-corrected chi connectivity index (χ1v) is 7.99. The zero-order valence-corrected chi connectivity index (χ0v) is 14.6. The molecule has 0 bridgehead atoms. The molecule has 1 N–H and O–H groups in total. The Balaban J connectivity index is 2.30. The SMILES string of the molecule is Cc1ccc([C@H](NC(=O)c2ccccc2Cl)C(Cl)(Cl)Cl)cc1. The van der Waals surface area contributed by atoms with Gasteiger partial charge in [0, 0.05) is 0 Å². The smallest absolute Gasteiger partial charge is 0.253 e. The summed E-state index contributed by atoms with van der Waals surface area (Å²) < 4.78 is -1.69. The van der Waals surface area contributed by atoms with Gasteiger partial charge in [0.1, 0.15) is 6.04 Å². The molecule has 1 atom stereocenters. The van der Waals surface area contributed by atoms with Crippen LogP contribution in [0.15, 0.2) is 48.5 Å². The standard InChI is InChI=1S/C16H13Cl4NO/c1-10-6-8-11(9-7-10)14(16(18,19)20)21-15(22)12-4-2-3-5-13(12)17/h2-9,14H,1H3,(H,21,22)/t14-/m0/s1. The maximum atomic E-state index is 12.4. The summed E-state index contributed by atoms with van der Waals surface area (Å²) in [5, 5.41) is 3.07. The van der Waals surface area contributed by atoms with Crippen LogP contribution >= 0.6 is 46.4 Å². The number of nitrogens with one attached hydrogen (secondary N) is 1. The molecule has 0 spiro atoms. The highest BCUT2D eigenvalue weighted by Gasteiger charge is 2.35. The van der Waals surface area contributed by atoms with Crippen LogP contribution in [0, 0.1) is 6.92 Å². The first kappa shape index (κ1) is 17.4. The van der Waals surface area contributed by atoms with Crippen LogP contribution in [0.1, 0.15) is 27.5 Å². The van der Waals surface area contributed by atoms with E-state index in [2.05, 4.69) is 5.32 Å². The average Bonchev–Trinajstić information content (AvgIpc) is 2.45. The van der Waals surface area contributed by atoms with E-state index in [9.17, 15) is 4.79 Å². The Morgan fingerprint density at radius 2 is 1.64 bits per heavy atom. The van der Waals surface area contributed by atoms with Gasteiger partial charge >= 0.3 is 0 Å². The predicted octanol–water partition coefficient (Wildman–Crippen LogP) is 5.49. The summed E-state index contributed by atoms with van der Waals surface area (Å²) in [4.78, 5) is 12.4. The maximum Gasteiger partial charge on any atom is 0.253 e. The van der Waals surface area contributed by atoms with Crippen molar-refractivity contribution in [2.24, 2.45) is 0 Å². The normalized spacial score (nSPS) is 12.8. The molecule has 0 aliphatic carbocycles. The van der Waals surface area contributed by atoms with Gasteiger partial charge in [-0.1, -0.05) is 88.4 Å². The summed E-state index contributed by atoms with van der Waals surface area (Å²) in [6, 6.07) is 13.3. The minimum Gasteiger partial charge on any atom is -0.341 e. The summed E-state index contributed by atoms with van der Waals surface area (Å²) in [5.74, 6) is -0.400. The molecule has 22 heavy (non-hydrogen) atoms. The second-order valence-electron chi connectivity index (χ2n) is 4.84. The molecule has 0 aliphatic heterocycles. The zero-order valence-electron chi connectivity index (χ0n) is 11.6. The van der Waals surface area contributed by atoms with Crippen molar-refractivity contribution in [2.75, 3.05) is 0 Å². The number of carbonyl (C=O) groups excluding carboxylic acids is 1. The molecule has 1 amide bonds. The van der Waals surface area contributed by atoms with E-state index < -0.39 is 15.7 Å². The van der Waals surface area contributed by atoms with Gasteiger partial charge in [-0.05, 0) is 24.6 Å². The van der Waals surface area contributed by atoms with Gasteiger partial charge in [0.05, 0.1) is 10.6 Å². The number of hydrogen-bond donors (Lipinski definition) is 1. The summed E-state index contributed by atoms with van der Waals surface area (Å²) in [6.45, 7) is 1.95. The molecule has 0 saturated carbocycles. The molecule has 2 aromatic carbocycles. The van der Waals surface area contributed by atoms with Gasteiger partial charge in [-0.2, -0.15) is 0 Å². The van der Waals surface area contributed by atoms with Crippen LogP contribution in [-0.4, -0.2) is 9.70 Å². The first-order valence-electron chi connectivity index (χ1n) is 6.47. The van der Waals surface area contributed by atoms with E-state index >= 15 is 0 Å². The van der Waals surface area contributed by atoms with Crippen LogP contribution < -0.4 is 5.32 Å². The fourth-order valence-corrected chi connectivity index (χ4v) is 2.73. The molecule has 6 heteroatoms. The monoisotopic (exact) mass is 375 g/mol. The summed E-state index contributed by atoms with van der Waals surface area (Å²) in [5.41, 5.74) is 2.10. The van der Waals surface area contributed by atoms with Crippen LogP contribution in [0.3, 0.4) is 0 Å². The first-order chi connectivity index (χ1) is 10.3. The molecule has 0 aromatic heterocycles. The van der Waals surface area contributed by atoms with Crippen LogP contribution in [0.4, 0.5) is 0 Å². The second kappa shape index (κ2) is 7.10. The number of alkyl halides is 3. The lowest BCUT2D eigenvalue weighted by molar-refractivity contribution is 0.0937. The van der Waals surface area contributed by atoms with Crippen molar-refractivity contribution in [3.8, 4) is 0 Å². The Kier molecular flexibility index (Phi) is 5.62. The molecule has 0 fully saturated rings. The molecule has 2 nitrogen and oxygen atoms in total. The minimum absolute atomic E-state index is 0.329. The van der Waals surface area contributed by atoms with E-state index in [0.717, 1.165) is 5.56 Å². The van der Waals surface area contributed by atoms with Crippen molar-refractivity contribution in [3.63, 3.8) is 0 Å². The van der Waals surface area contributed by atoms with E-state index in [1.54, 1.807) is 24.3 Å². The van der Waals surface area contributed by atoms with Gasteiger partial charge in [-0.15, -0.1) is 0 Å². The third kappa shape index (κ3) is 4.30. The number of benzene rings is 2. The molecule has 116 valence electrons. The lowest BCUT2D eigenvalue weighted by atomic mass is 10.1. The zero-order chi connectivity index (χ0) is 16.3. The summed E-state index contributed by atoms with van der Waals surface area (Å²) in [6.07, 6.45) is 0. The summed E-state index contributed by atoms with van der Waals surface area (Å²) in [7, 11) is 0. The largest absolute Gasteiger partial charge is 0.341 e. The molecule has 0 heterocycles.